The lowest BCUT2D eigenvalue weighted by Crippen LogP contribution is -2.03. The molecule has 0 aliphatic heterocycles. The lowest BCUT2D eigenvalue weighted by atomic mass is 10.0. The second-order valence-corrected chi connectivity index (χ2v) is 4.75. The molecule has 0 radical (unpaired) electrons. The average Bonchev–Trinajstić information content (AvgIpc) is 3.21. The first-order chi connectivity index (χ1) is 9.47. The summed E-state index contributed by atoms with van der Waals surface area (Å²) in [5.41, 5.74) is -0.238. The van der Waals surface area contributed by atoms with Gasteiger partial charge in [-0.05, 0) is 18.9 Å². The molecule has 1 saturated carbocycles. The number of hydrogen-bond donors (Lipinski definition) is 1. The van der Waals surface area contributed by atoms with Crippen molar-refractivity contribution in [3.05, 3.63) is 45.4 Å². The summed E-state index contributed by atoms with van der Waals surface area (Å²) in [7, 11) is 0. The lowest BCUT2D eigenvalue weighted by Gasteiger charge is -2.07. The number of pyridine rings is 1. The Morgan fingerprint density at radius 1 is 1.40 bits per heavy atom. The highest BCUT2D eigenvalue weighted by Crippen LogP contribution is 2.40. The molecule has 2 aromatic rings. The summed E-state index contributed by atoms with van der Waals surface area (Å²) < 4.78 is 14.0. The van der Waals surface area contributed by atoms with Crippen molar-refractivity contribution in [2.24, 2.45) is 0 Å². The summed E-state index contributed by atoms with van der Waals surface area (Å²) in [6, 6.07) is 3.19. The molecule has 3 rings (SSSR count). The number of rotatable bonds is 3. The van der Waals surface area contributed by atoms with Crippen LogP contribution in [-0.2, 0) is 0 Å². The highest BCUT2D eigenvalue weighted by Gasteiger charge is 2.28. The van der Waals surface area contributed by atoms with Crippen molar-refractivity contribution in [3.63, 3.8) is 0 Å². The van der Waals surface area contributed by atoms with Gasteiger partial charge in [-0.2, -0.15) is 0 Å². The SMILES string of the molecule is O=C(O)c1cc(C2CC2)nc2c(F)cc([N+](=O)[O-])cc12. The third-order valence-corrected chi connectivity index (χ3v) is 3.31. The van der Waals surface area contributed by atoms with Crippen molar-refractivity contribution in [2.45, 2.75) is 18.8 Å². The second-order valence-electron chi connectivity index (χ2n) is 4.75. The minimum absolute atomic E-state index is 0.0476. The number of aromatic carboxylic acids is 1. The molecule has 1 aromatic heterocycles. The molecule has 1 aliphatic rings. The minimum Gasteiger partial charge on any atom is -0.478 e. The van der Waals surface area contributed by atoms with E-state index in [9.17, 15) is 24.4 Å². The summed E-state index contributed by atoms with van der Waals surface area (Å²) in [5, 5.41) is 19.9. The van der Waals surface area contributed by atoms with Gasteiger partial charge in [0, 0.05) is 23.1 Å². The van der Waals surface area contributed by atoms with Gasteiger partial charge in [-0.15, -0.1) is 0 Å². The van der Waals surface area contributed by atoms with Crippen molar-refractivity contribution < 1.29 is 19.2 Å². The normalized spacial score (nSPS) is 14.4. The van der Waals surface area contributed by atoms with E-state index in [2.05, 4.69) is 4.98 Å². The molecule has 1 N–H and O–H groups in total. The van der Waals surface area contributed by atoms with Crippen LogP contribution >= 0.6 is 0 Å². The van der Waals surface area contributed by atoms with Crippen molar-refractivity contribution in [1.82, 2.24) is 4.98 Å². The fraction of sp³-hybridized carbons (Fsp3) is 0.231. The summed E-state index contributed by atoms with van der Waals surface area (Å²) in [6.07, 6.45) is 1.79. The van der Waals surface area contributed by atoms with Crippen LogP contribution in [0.5, 0.6) is 0 Å². The van der Waals surface area contributed by atoms with Crippen molar-refractivity contribution in [3.8, 4) is 0 Å². The quantitative estimate of drug-likeness (QED) is 0.687. The van der Waals surface area contributed by atoms with Gasteiger partial charge in [-0.1, -0.05) is 0 Å². The number of aromatic nitrogens is 1. The third-order valence-electron chi connectivity index (χ3n) is 3.31. The Balaban J connectivity index is 2.35. The number of nitrogens with zero attached hydrogens (tertiary/aromatic N) is 2. The third kappa shape index (κ3) is 1.97. The van der Waals surface area contributed by atoms with E-state index >= 15 is 0 Å². The van der Waals surface area contributed by atoms with Crippen LogP contribution in [0.4, 0.5) is 10.1 Å². The summed E-state index contributed by atoms with van der Waals surface area (Å²) in [6.45, 7) is 0. The van der Waals surface area contributed by atoms with Crippen LogP contribution in [0.3, 0.4) is 0 Å². The van der Waals surface area contributed by atoms with Gasteiger partial charge in [0.1, 0.15) is 5.52 Å². The standard InChI is InChI=1S/C13H9FN2O4/c14-10-4-7(16(19)20)3-8-9(13(17)18)5-11(6-1-2-6)15-12(8)10/h3-6H,1-2H2,(H,17,18). The lowest BCUT2D eigenvalue weighted by molar-refractivity contribution is -0.384. The molecule has 1 aliphatic carbocycles. The van der Waals surface area contributed by atoms with Gasteiger partial charge < -0.3 is 5.11 Å². The topological polar surface area (TPSA) is 93.3 Å². The van der Waals surface area contributed by atoms with Crippen LogP contribution in [0.25, 0.3) is 10.9 Å². The Morgan fingerprint density at radius 2 is 2.10 bits per heavy atom. The molecule has 0 saturated heterocycles. The van der Waals surface area contributed by atoms with Crippen LogP contribution in [0.2, 0.25) is 0 Å². The average molecular weight is 276 g/mol. The van der Waals surface area contributed by atoms with Crippen LogP contribution in [-0.4, -0.2) is 21.0 Å². The summed E-state index contributed by atoms with van der Waals surface area (Å²) >= 11 is 0. The molecule has 6 nitrogen and oxygen atoms in total. The number of hydrogen-bond acceptors (Lipinski definition) is 4. The van der Waals surface area contributed by atoms with Crippen LogP contribution in [0.1, 0.15) is 34.8 Å². The summed E-state index contributed by atoms with van der Waals surface area (Å²) in [5.74, 6) is -1.97. The number of nitro groups is 1. The number of halogens is 1. The molecule has 1 fully saturated rings. The van der Waals surface area contributed by atoms with E-state index in [0.29, 0.717) is 5.69 Å². The number of non-ortho nitro benzene ring substituents is 1. The van der Waals surface area contributed by atoms with E-state index in [4.69, 9.17) is 0 Å². The van der Waals surface area contributed by atoms with E-state index in [0.717, 1.165) is 25.0 Å². The molecule has 1 heterocycles. The highest BCUT2D eigenvalue weighted by molar-refractivity contribution is 6.03. The maximum Gasteiger partial charge on any atom is 0.336 e. The van der Waals surface area contributed by atoms with E-state index in [-0.39, 0.29) is 22.4 Å². The minimum atomic E-state index is -1.25. The molecule has 0 spiro atoms. The largest absolute Gasteiger partial charge is 0.478 e. The second kappa shape index (κ2) is 4.22. The molecular weight excluding hydrogens is 267 g/mol. The maximum absolute atomic E-state index is 14.0. The highest BCUT2D eigenvalue weighted by atomic mass is 19.1. The van der Waals surface area contributed by atoms with Crippen molar-refractivity contribution >= 4 is 22.6 Å². The van der Waals surface area contributed by atoms with E-state index in [1.165, 1.54) is 6.07 Å². The molecule has 0 amide bonds. The zero-order valence-electron chi connectivity index (χ0n) is 10.2. The van der Waals surface area contributed by atoms with Gasteiger partial charge in [-0.25, -0.2) is 14.2 Å². The molecule has 0 bridgehead atoms. The molecular formula is C13H9FN2O4. The Morgan fingerprint density at radius 3 is 2.65 bits per heavy atom. The smallest absolute Gasteiger partial charge is 0.336 e. The van der Waals surface area contributed by atoms with Gasteiger partial charge in [0.05, 0.1) is 16.6 Å². The van der Waals surface area contributed by atoms with E-state index in [1.807, 2.05) is 0 Å². The molecule has 20 heavy (non-hydrogen) atoms. The number of nitro benzene ring substituents is 1. The van der Waals surface area contributed by atoms with E-state index < -0.39 is 22.4 Å². The fourth-order valence-electron chi connectivity index (χ4n) is 2.16. The van der Waals surface area contributed by atoms with Gasteiger partial charge in [0.15, 0.2) is 5.82 Å². The zero-order chi connectivity index (χ0) is 14.4. The summed E-state index contributed by atoms with van der Waals surface area (Å²) in [4.78, 5) is 25.4. The molecule has 0 unspecified atom stereocenters. The predicted octanol–water partition coefficient (Wildman–Crippen LogP) is 2.86. The van der Waals surface area contributed by atoms with Gasteiger partial charge in [0.2, 0.25) is 0 Å². The number of carboxylic acid groups (broad SMARTS) is 1. The predicted molar refractivity (Wildman–Crippen MR) is 67.3 cm³/mol. The van der Waals surface area contributed by atoms with Gasteiger partial charge in [0.25, 0.3) is 5.69 Å². The molecule has 7 heteroatoms. The first-order valence-corrected chi connectivity index (χ1v) is 5.99. The van der Waals surface area contributed by atoms with Crippen molar-refractivity contribution in [1.29, 1.82) is 0 Å². The molecule has 0 atom stereocenters. The first kappa shape index (κ1) is 12.5. The monoisotopic (exact) mass is 276 g/mol. The number of benzene rings is 1. The molecule has 1 aromatic carbocycles. The molecule has 102 valence electrons. The Hall–Kier alpha value is -2.57. The fourth-order valence-corrected chi connectivity index (χ4v) is 2.16. The van der Waals surface area contributed by atoms with Crippen LogP contribution in [0.15, 0.2) is 18.2 Å². The zero-order valence-corrected chi connectivity index (χ0v) is 10.2. The van der Waals surface area contributed by atoms with Crippen molar-refractivity contribution in [2.75, 3.05) is 0 Å². The number of fused-ring (bicyclic) bond motifs is 1. The Bertz CT molecular complexity index is 756. The first-order valence-electron chi connectivity index (χ1n) is 5.99. The Kier molecular flexibility index (Phi) is 2.63. The van der Waals surface area contributed by atoms with Crippen LogP contribution in [0, 0.1) is 15.9 Å². The number of carbonyl (C=O) groups is 1. The maximum atomic E-state index is 14.0. The van der Waals surface area contributed by atoms with Crippen LogP contribution < -0.4 is 0 Å². The van der Waals surface area contributed by atoms with Gasteiger partial charge in [-0.3, -0.25) is 10.1 Å². The van der Waals surface area contributed by atoms with E-state index in [1.54, 1.807) is 0 Å². The Labute approximate surface area is 112 Å². The number of carboxylic acids is 1. The van der Waals surface area contributed by atoms with Gasteiger partial charge >= 0.3 is 5.97 Å².